The first-order valence-corrected chi connectivity index (χ1v) is 11.9. The van der Waals surface area contributed by atoms with Gasteiger partial charge in [0.1, 0.15) is 11.5 Å². The SMILES string of the molecule is O=C1/C(=C/c2cc(Br)cc(Br)c2O)S/C(=N/N=C\c2cccs2)N1Cc1ccco1. The Balaban J connectivity index is 1.67. The number of thiophene rings is 1. The van der Waals surface area contributed by atoms with Crippen LogP contribution in [-0.2, 0) is 11.3 Å². The van der Waals surface area contributed by atoms with Crippen molar-refractivity contribution in [1.82, 2.24) is 4.90 Å². The van der Waals surface area contributed by atoms with Gasteiger partial charge in [0.05, 0.1) is 28.4 Å². The molecule has 3 heterocycles. The first-order valence-electron chi connectivity index (χ1n) is 8.57. The lowest BCUT2D eigenvalue weighted by Crippen LogP contribution is -2.28. The van der Waals surface area contributed by atoms with E-state index in [1.165, 1.54) is 16.7 Å². The molecular formula is C20H13Br2N3O3S2. The Morgan fingerprint density at radius 2 is 2.10 bits per heavy atom. The quantitative estimate of drug-likeness (QED) is 0.231. The number of amides is 1. The van der Waals surface area contributed by atoms with Gasteiger partial charge in [-0.1, -0.05) is 22.0 Å². The fourth-order valence-electron chi connectivity index (χ4n) is 2.62. The topological polar surface area (TPSA) is 78.4 Å². The lowest BCUT2D eigenvalue weighted by atomic mass is 10.2. The number of amidine groups is 1. The van der Waals surface area contributed by atoms with Gasteiger partial charge in [-0.15, -0.1) is 16.4 Å². The molecule has 152 valence electrons. The van der Waals surface area contributed by atoms with Crippen molar-refractivity contribution in [2.45, 2.75) is 6.54 Å². The van der Waals surface area contributed by atoms with Crippen LogP contribution in [0.5, 0.6) is 5.75 Å². The van der Waals surface area contributed by atoms with Crippen molar-refractivity contribution >= 4 is 78.3 Å². The fourth-order valence-corrected chi connectivity index (χ4v) is 5.38. The predicted molar refractivity (Wildman–Crippen MR) is 128 cm³/mol. The summed E-state index contributed by atoms with van der Waals surface area (Å²) in [6.45, 7) is 0.234. The average Bonchev–Trinajstić information content (AvgIpc) is 3.46. The van der Waals surface area contributed by atoms with E-state index >= 15 is 0 Å². The molecule has 1 fully saturated rings. The molecule has 0 spiro atoms. The summed E-state index contributed by atoms with van der Waals surface area (Å²) in [5.74, 6) is 0.447. The van der Waals surface area contributed by atoms with Crippen molar-refractivity contribution in [1.29, 1.82) is 0 Å². The van der Waals surface area contributed by atoms with Gasteiger partial charge in [0.15, 0.2) is 5.17 Å². The number of phenolic OH excluding ortho intramolecular Hbond substituents is 1. The summed E-state index contributed by atoms with van der Waals surface area (Å²) >= 11 is 9.46. The van der Waals surface area contributed by atoms with Gasteiger partial charge in [-0.25, -0.2) is 0 Å². The van der Waals surface area contributed by atoms with E-state index in [0.29, 0.717) is 25.9 Å². The van der Waals surface area contributed by atoms with Crippen LogP contribution in [0.2, 0.25) is 0 Å². The maximum absolute atomic E-state index is 13.1. The average molecular weight is 567 g/mol. The summed E-state index contributed by atoms with van der Waals surface area (Å²) in [5.41, 5.74) is 0.508. The Bertz CT molecular complexity index is 1160. The highest BCUT2D eigenvalue weighted by Gasteiger charge is 2.34. The van der Waals surface area contributed by atoms with Crippen LogP contribution in [0.15, 0.2) is 76.5 Å². The van der Waals surface area contributed by atoms with Gasteiger partial charge in [0.2, 0.25) is 0 Å². The van der Waals surface area contributed by atoms with E-state index in [1.54, 1.807) is 54.2 Å². The number of aromatic hydroxyl groups is 1. The summed E-state index contributed by atoms with van der Waals surface area (Å²) < 4.78 is 6.70. The van der Waals surface area contributed by atoms with Crippen molar-refractivity contribution in [2.24, 2.45) is 10.2 Å². The van der Waals surface area contributed by atoms with E-state index < -0.39 is 0 Å². The number of carbonyl (C=O) groups is 1. The Morgan fingerprint density at radius 1 is 1.23 bits per heavy atom. The summed E-state index contributed by atoms with van der Waals surface area (Å²) in [6.07, 6.45) is 4.84. The highest BCUT2D eigenvalue weighted by molar-refractivity contribution is 9.11. The molecule has 0 unspecified atom stereocenters. The lowest BCUT2D eigenvalue weighted by molar-refractivity contribution is -0.122. The molecule has 10 heteroatoms. The van der Waals surface area contributed by atoms with Gasteiger partial charge >= 0.3 is 0 Å². The van der Waals surface area contributed by atoms with Crippen molar-refractivity contribution in [3.63, 3.8) is 0 Å². The van der Waals surface area contributed by atoms with Gasteiger partial charge < -0.3 is 9.52 Å². The molecular weight excluding hydrogens is 554 g/mol. The summed E-state index contributed by atoms with van der Waals surface area (Å²) in [5, 5.41) is 21.1. The van der Waals surface area contributed by atoms with Gasteiger partial charge in [-0.2, -0.15) is 5.10 Å². The largest absolute Gasteiger partial charge is 0.506 e. The number of phenols is 1. The second-order valence-electron chi connectivity index (χ2n) is 6.05. The maximum Gasteiger partial charge on any atom is 0.267 e. The monoisotopic (exact) mass is 565 g/mol. The minimum Gasteiger partial charge on any atom is -0.506 e. The zero-order chi connectivity index (χ0) is 21.1. The van der Waals surface area contributed by atoms with Gasteiger partial charge in [-0.3, -0.25) is 9.69 Å². The third-order valence-corrected chi connectivity index (χ3v) is 6.86. The first kappa shape index (κ1) is 21.1. The van der Waals surface area contributed by atoms with E-state index in [0.717, 1.165) is 9.35 Å². The maximum atomic E-state index is 13.1. The van der Waals surface area contributed by atoms with Crippen LogP contribution in [0.4, 0.5) is 0 Å². The minimum atomic E-state index is -0.239. The molecule has 0 aliphatic carbocycles. The van der Waals surface area contributed by atoms with Crippen LogP contribution in [0.1, 0.15) is 16.2 Å². The molecule has 1 aliphatic heterocycles. The Morgan fingerprint density at radius 3 is 2.83 bits per heavy atom. The van der Waals surface area contributed by atoms with Crippen molar-refractivity contribution < 1.29 is 14.3 Å². The number of nitrogens with zero attached hydrogens (tertiary/aromatic N) is 3. The third-order valence-electron chi connectivity index (χ3n) is 4.00. The Labute approximate surface area is 197 Å². The van der Waals surface area contributed by atoms with E-state index in [2.05, 4.69) is 42.1 Å². The summed E-state index contributed by atoms with van der Waals surface area (Å²) in [4.78, 5) is 16.0. The summed E-state index contributed by atoms with van der Waals surface area (Å²) in [6, 6.07) is 10.9. The highest BCUT2D eigenvalue weighted by atomic mass is 79.9. The first-order chi connectivity index (χ1) is 14.5. The number of hydrogen-bond donors (Lipinski definition) is 1. The summed E-state index contributed by atoms with van der Waals surface area (Å²) in [7, 11) is 0. The second kappa shape index (κ2) is 9.34. The molecule has 1 aliphatic rings. The number of carbonyl (C=O) groups excluding carboxylic acids is 1. The highest BCUT2D eigenvalue weighted by Crippen LogP contribution is 2.38. The molecule has 3 aromatic rings. The molecule has 0 bridgehead atoms. The molecule has 0 radical (unpaired) electrons. The third kappa shape index (κ3) is 4.77. The van der Waals surface area contributed by atoms with Crippen molar-refractivity contribution in [3.05, 3.63) is 78.1 Å². The van der Waals surface area contributed by atoms with E-state index in [1.807, 2.05) is 17.5 Å². The van der Waals surface area contributed by atoms with E-state index in [9.17, 15) is 9.90 Å². The normalized spacial score (nSPS) is 17.1. The van der Waals surface area contributed by atoms with Crippen LogP contribution in [0, 0.1) is 0 Å². The minimum absolute atomic E-state index is 0.0535. The molecule has 0 saturated carbocycles. The molecule has 0 atom stereocenters. The van der Waals surface area contributed by atoms with Crippen molar-refractivity contribution in [2.75, 3.05) is 0 Å². The van der Waals surface area contributed by atoms with Gasteiger partial charge in [0.25, 0.3) is 5.91 Å². The van der Waals surface area contributed by atoms with Crippen LogP contribution in [0.25, 0.3) is 6.08 Å². The van der Waals surface area contributed by atoms with Crippen molar-refractivity contribution in [3.8, 4) is 5.75 Å². The molecule has 30 heavy (non-hydrogen) atoms. The van der Waals surface area contributed by atoms with E-state index in [-0.39, 0.29) is 18.2 Å². The Hall–Kier alpha value is -2.14. The van der Waals surface area contributed by atoms with Gasteiger partial charge in [0, 0.05) is 14.9 Å². The zero-order valence-corrected chi connectivity index (χ0v) is 20.0. The van der Waals surface area contributed by atoms with Crippen LogP contribution < -0.4 is 0 Å². The second-order valence-corrected chi connectivity index (χ2v) is 9.81. The smallest absolute Gasteiger partial charge is 0.267 e. The fraction of sp³-hybridized carbons (Fsp3) is 0.0500. The van der Waals surface area contributed by atoms with Crippen LogP contribution in [0.3, 0.4) is 0 Å². The molecule has 4 rings (SSSR count). The van der Waals surface area contributed by atoms with Gasteiger partial charge in [-0.05, 0) is 69.5 Å². The van der Waals surface area contributed by atoms with Crippen LogP contribution >= 0.6 is 55.0 Å². The molecule has 1 aromatic carbocycles. The Kier molecular flexibility index (Phi) is 6.57. The molecule has 1 saturated heterocycles. The number of hydrogen-bond acceptors (Lipinski definition) is 7. The lowest BCUT2D eigenvalue weighted by Gasteiger charge is -2.12. The molecule has 1 amide bonds. The number of rotatable bonds is 5. The molecule has 2 aromatic heterocycles. The molecule has 1 N–H and O–H groups in total. The number of benzene rings is 1. The predicted octanol–water partition coefficient (Wildman–Crippen LogP) is 6.08. The number of furan rings is 1. The van der Waals surface area contributed by atoms with Crippen LogP contribution in [-0.4, -0.2) is 27.3 Å². The zero-order valence-electron chi connectivity index (χ0n) is 15.2. The standard InChI is InChI=1S/C20H13Br2N3O3S2/c21-13-7-12(18(26)16(22)9-13)8-17-19(27)25(11-14-3-1-5-28-14)20(30-17)24-23-10-15-4-2-6-29-15/h1-10,26H,11H2/b17-8-,23-10-,24-20+. The number of halogens is 2. The van der Waals surface area contributed by atoms with E-state index in [4.69, 9.17) is 4.42 Å². The molecule has 6 nitrogen and oxygen atoms in total. The number of thioether (sulfide) groups is 1.